The Balaban J connectivity index is 1.82. The van der Waals surface area contributed by atoms with Crippen LogP contribution in [0.5, 0.6) is 0 Å². The van der Waals surface area contributed by atoms with Crippen LogP contribution in [0.2, 0.25) is 0 Å². The smallest absolute Gasteiger partial charge is 0.416 e. The summed E-state index contributed by atoms with van der Waals surface area (Å²) in [7, 11) is 1.38. The van der Waals surface area contributed by atoms with Crippen LogP contribution < -0.4 is 5.32 Å². The molecular weight excluding hydrogens is 569 g/mol. The fourth-order valence-corrected chi connectivity index (χ4v) is 3.90. The van der Waals surface area contributed by atoms with Gasteiger partial charge in [-0.1, -0.05) is 72.8 Å². The number of amides is 1. The number of thiol groups is 1. The van der Waals surface area contributed by atoms with E-state index in [0.29, 0.717) is 0 Å². The number of aliphatic carboxylic acids is 1. The number of ether oxygens (including phenoxy) is 2. The van der Waals surface area contributed by atoms with Gasteiger partial charge in [0, 0.05) is 23.6 Å². The molecule has 0 aromatic heterocycles. The highest BCUT2D eigenvalue weighted by Crippen LogP contribution is 2.29. The molecule has 0 heterocycles. The number of halogens is 3. The standard InChI is InChI=1S/C31H29F3N2O5S/c1-35-29(23-13-8-14-24(16-15-23)31(32,33)34)41-26(27(42)17-21-9-4-2-5-10-21)18-28(37)36-25(30(38)39)20-40-19-22-11-6-3-7-12-22/h2-7,9-18,25,42H,8,19-20H2,1H3,(H,36,37)(H,38,39)/b26-18+,27-17-,35-29?/t25-/m0/s1. The number of carboxylic acid groups (broad SMARTS) is 1. The van der Waals surface area contributed by atoms with Gasteiger partial charge in [0.25, 0.3) is 0 Å². The van der Waals surface area contributed by atoms with E-state index in [1.54, 1.807) is 30.3 Å². The molecule has 1 atom stereocenters. The number of carbonyl (C=O) groups excluding carboxylic acids is 1. The second-order valence-corrected chi connectivity index (χ2v) is 9.35. The fraction of sp³-hybridized carbons (Fsp3) is 0.194. The van der Waals surface area contributed by atoms with Crippen molar-refractivity contribution in [1.82, 2.24) is 5.32 Å². The molecule has 11 heteroatoms. The van der Waals surface area contributed by atoms with Crippen molar-refractivity contribution >= 4 is 36.5 Å². The fourth-order valence-electron chi connectivity index (χ4n) is 3.65. The van der Waals surface area contributed by atoms with Gasteiger partial charge in [-0.2, -0.15) is 13.2 Å². The summed E-state index contributed by atoms with van der Waals surface area (Å²) in [6.45, 7) is -0.156. The molecule has 0 saturated heterocycles. The zero-order valence-electron chi connectivity index (χ0n) is 22.5. The normalized spacial score (nSPS) is 15.3. The van der Waals surface area contributed by atoms with Gasteiger partial charge in [-0.15, -0.1) is 12.6 Å². The Kier molecular flexibility index (Phi) is 11.9. The lowest BCUT2D eigenvalue weighted by atomic mass is 10.2. The molecule has 0 bridgehead atoms. The Morgan fingerprint density at radius 2 is 1.74 bits per heavy atom. The molecule has 0 spiro atoms. The van der Waals surface area contributed by atoms with Gasteiger partial charge in [-0.05, 0) is 35.8 Å². The minimum absolute atomic E-state index is 0.0318. The molecule has 42 heavy (non-hydrogen) atoms. The van der Waals surface area contributed by atoms with E-state index in [-0.39, 0.29) is 41.8 Å². The van der Waals surface area contributed by atoms with Gasteiger partial charge >= 0.3 is 12.1 Å². The lowest BCUT2D eigenvalue weighted by Gasteiger charge is -2.16. The molecule has 0 fully saturated rings. The number of aliphatic imine (C=N–C) groups is 1. The Morgan fingerprint density at radius 1 is 1.07 bits per heavy atom. The SMILES string of the molecule is CN=C(OC(=C/C(=O)N[C@@H](COCc1ccccc1)C(=O)O)/C(S)=C/c1ccccc1)C1=CCC=C(C(F)(F)F)C=C1. The van der Waals surface area contributed by atoms with Gasteiger partial charge in [-0.3, -0.25) is 9.79 Å². The summed E-state index contributed by atoms with van der Waals surface area (Å²) in [4.78, 5) is 29.0. The van der Waals surface area contributed by atoms with Gasteiger partial charge in [0.1, 0.15) is 5.76 Å². The summed E-state index contributed by atoms with van der Waals surface area (Å²) in [5, 5.41) is 12.0. The molecule has 7 nitrogen and oxygen atoms in total. The summed E-state index contributed by atoms with van der Waals surface area (Å²) in [5.41, 5.74) is 0.989. The van der Waals surface area contributed by atoms with Crippen LogP contribution in [-0.4, -0.2) is 48.8 Å². The predicted octanol–water partition coefficient (Wildman–Crippen LogP) is 6.05. The summed E-state index contributed by atoms with van der Waals surface area (Å²) in [6.07, 6.45) is 2.72. The van der Waals surface area contributed by atoms with E-state index in [2.05, 4.69) is 22.9 Å². The van der Waals surface area contributed by atoms with Crippen LogP contribution in [0.15, 0.2) is 118 Å². The van der Waals surface area contributed by atoms with Crippen molar-refractivity contribution in [3.63, 3.8) is 0 Å². The molecule has 220 valence electrons. The van der Waals surface area contributed by atoms with E-state index in [1.165, 1.54) is 19.2 Å². The third kappa shape index (κ3) is 10.2. The number of hydrogen-bond acceptors (Lipinski definition) is 6. The molecule has 1 amide bonds. The number of rotatable bonds is 11. The maximum Gasteiger partial charge on any atom is 0.416 e. The summed E-state index contributed by atoms with van der Waals surface area (Å²) in [6, 6.07) is 16.7. The first-order valence-electron chi connectivity index (χ1n) is 12.7. The summed E-state index contributed by atoms with van der Waals surface area (Å²) in [5.74, 6) is -2.32. The molecule has 0 unspecified atom stereocenters. The van der Waals surface area contributed by atoms with Crippen molar-refractivity contribution in [3.8, 4) is 0 Å². The van der Waals surface area contributed by atoms with Crippen LogP contribution in [0, 0.1) is 0 Å². The molecule has 2 aromatic rings. The van der Waals surface area contributed by atoms with E-state index in [0.717, 1.165) is 29.4 Å². The van der Waals surface area contributed by atoms with Gasteiger partial charge in [0.05, 0.1) is 18.8 Å². The van der Waals surface area contributed by atoms with Gasteiger partial charge in [0.15, 0.2) is 6.04 Å². The van der Waals surface area contributed by atoms with E-state index < -0.39 is 29.7 Å². The van der Waals surface area contributed by atoms with Crippen molar-refractivity contribution in [1.29, 1.82) is 0 Å². The molecule has 1 aliphatic carbocycles. The Hall–Kier alpha value is -4.35. The average Bonchev–Trinajstić information content (AvgIpc) is 3.22. The monoisotopic (exact) mass is 598 g/mol. The number of nitrogens with one attached hydrogen (secondary N) is 1. The number of allylic oxidation sites excluding steroid dienone is 4. The second-order valence-electron chi connectivity index (χ2n) is 8.87. The van der Waals surface area contributed by atoms with Crippen molar-refractivity contribution in [3.05, 3.63) is 124 Å². The zero-order valence-corrected chi connectivity index (χ0v) is 23.4. The van der Waals surface area contributed by atoms with Crippen LogP contribution in [0.4, 0.5) is 13.2 Å². The number of carbonyl (C=O) groups is 2. The topological polar surface area (TPSA) is 97.2 Å². The van der Waals surface area contributed by atoms with Gasteiger partial charge in [0.2, 0.25) is 11.8 Å². The highest BCUT2D eigenvalue weighted by molar-refractivity contribution is 7.85. The molecule has 3 rings (SSSR count). The molecule has 0 radical (unpaired) electrons. The highest BCUT2D eigenvalue weighted by atomic mass is 32.1. The average molecular weight is 599 g/mol. The molecule has 0 aliphatic heterocycles. The molecular formula is C31H29F3N2O5S. The Labute approximate surface area is 246 Å². The molecule has 2 N–H and O–H groups in total. The lowest BCUT2D eigenvalue weighted by Crippen LogP contribution is -2.43. The molecule has 2 aromatic carbocycles. The summed E-state index contributed by atoms with van der Waals surface area (Å²) < 4.78 is 51.0. The first-order chi connectivity index (χ1) is 20.1. The predicted molar refractivity (Wildman–Crippen MR) is 158 cm³/mol. The lowest BCUT2D eigenvalue weighted by molar-refractivity contribution is -0.143. The van der Waals surface area contributed by atoms with Crippen LogP contribution in [0.25, 0.3) is 6.08 Å². The number of nitrogens with zero attached hydrogens (tertiary/aromatic N) is 1. The molecule has 1 aliphatic rings. The van der Waals surface area contributed by atoms with Gasteiger partial charge in [-0.25, -0.2) is 4.79 Å². The Bertz CT molecular complexity index is 1430. The first kappa shape index (κ1) is 32.2. The van der Waals surface area contributed by atoms with Crippen LogP contribution in [-0.2, 0) is 25.7 Å². The van der Waals surface area contributed by atoms with Crippen LogP contribution in [0.1, 0.15) is 17.5 Å². The van der Waals surface area contributed by atoms with Crippen LogP contribution in [0.3, 0.4) is 0 Å². The second kappa shape index (κ2) is 15.6. The highest BCUT2D eigenvalue weighted by Gasteiger charge is 2.32. The number of hydrogen-bond donors (Lipinski definition) is 3. The third-order valence-electron chi connectivity index (χ3n) is 5.73. The maximum absolute atomic E-state index is 13.2. The van der Waals surface area contributed by atoms with E-state index in [4.69, 9.17) is 9.47 Å². The minimum atomic E-state index is -4.52. The van der Waals surface area contributed by atoms with E-state index >= 15 is 0 Å². The van der Waals surface area contributed by atoms with Crippen molar-refractivity contribution in [2.24, 2.45) is 4.99 Å². The summed E-state index contributed by atoms with van der Waals surface area (Å²) >= 11 is 4.49. The number of benzene rings is 2. The van der Waals surface area contributed by atoms with Crippen molar-refractivity contribution in [2.75, 3.05) is 13.7 Å². The molecule has 0 saturated carbocycles. The van der Waals surface area contributed by atoms with Crippen molar-refractivity contribution in [2.45, 2.75) is 25.2 Å². The van der Waals surface area contributed by atoms with Gasteiger partial charge < -0.3 is 19.9 Å². The zero-order chi connectivity index (χ0) is 30.5. The number of carboxylic acids is 1. The van der Waals surface area contributed by atoms with E-state index in [1.807, 2.05) is 36.4 Å². The first-order valence-corrected chi connectivity index (χ1v) is 13.1. The third-order valence-corrected chi connectivity index (χ3v) is 6.08. The van der Waals surface area contributed by atoms with Crippen molar-refractivity contribution < 1.29 is 37.3 Å². The Morgan fingerprint density at radius 3 is 2.36 bits per heavy atom. The largest absolute Gasteiger partial charge is 0.480 e. The maximum atomic E-state index is 13.2. The quantitative estimate of drug-likeness (QED) is 0.0731. The number of alkyl halides is 3. The minimum Gasteiger partial charge on any atom is -0.480 e. The van der Waals surface area contributed by atoms with E-state index in [9.17, 15) is 27.9 Å². The van der Waals surface area contributed by atoms with Crippen LogP contribution >= 0.6 is 12.6 Å².